The zero-order valence-corrected chi connectivity index (χ0v) is 9.13. The number of nitrogen functional groups attached to an aromatic ring is 1. The van der Waals surface area contributed by atoms with Crippen LogP contribution in [0, 0.1) is 0 Å². The lowest BCUT2D eigenvalue weighted by Crippen LogP contribution is -2.13. The Kier molecular flexibility index (Phi) is 4.76. The molecular formula is C10H16N2OS. The van der Waals surface area contributed by atoms with E-state index in [-0.39, 0.29) is 6.10 Å². The number of aliphatic hydroxyl groups excluding tert-OH is 1. The fourth-order valence-corrected chi connectivity index (χ4v) is 1.83. The highest BCUT2D eigenvalue weighted by Crippen LogP contribution is 2.09. The molecule has 1 aromatic heterocycles. The van der Waals surface area contributed by atoms with Crippen LogP contribution in [0.2, 0.25) is 0 Å². The molecule has 0 amide bonds. The highest BCUT2D eigenvalue weighted by Gasteiger charge is 2.05. The Hall–Kier alpha value is -0.740. The minimum absolute atomic E-state index is 0.290. The first-order valence-electron chi connectivity index (χ1n) is 4.68. The van der Waals surface area contributed by atoms with Crippen LogP contribution >= 0.6 is 11.8 Å². The van der Waals surface area contributed by atoms with E-state index in [4.69, 9.17) is 5.73 Å². The van der Waals surface area contributed by atoms with E-state index in [1.807, 2.05) is 6.07 Å². The number of hydrogen-bond acceptors (Lipinski definition) is 4. The highest BCUT2D eigenvalue weighted by atomic mass is 32.2. The molecule has 0 saturated heterocycles. The number of anilines is 1. The van der Waals surface area contributed by atoms with Gasteiger partial charge in [0.15, 0.2) is 0 Å². The summed E-state index contributed by atoms with van der Waals surface area (Å²) in [6, 6.07) is 3.69. The predicted octanol–water partition coefficient (Wildman–Crippen LogP) is 1.32. The summed E-state index contributed by atoms with van der Waals surface area (Å²) in [5.41, 5.74) is 6.58. The van der Waals surface area contributed by atoms with Gasteiger partial charge in [0, 0.05) is 11.9 Å². The minimum atomic E-state index is -0.290. The molecule has 0 saturated carbocycles. The molecule has 0 aromatic carbocycles. The Labute approximate surface area is 88.7 Å². The van der Waals surface area contributed by atoms with E-state index >= 15 is 0 Å². The zero-order valence-electron chi connectivity index (χ0n) is 8.31. The van der Waals surface area contributed by atoms with Gasteiger partial charge in [-0.15, -0.1) is 0 Å². The molecule has 0 spiro atoms. The van der Waals surface area contributed by atoms with Crippen molar-refractivity contribution in [3.05, 3.63) is 23.9 Å². The van der Waals surface area contributed by atoms with E-state index in [9.17, 15) is 5.11 Å². The molecule has 14 heavy (non-hydrogen) atoms. The maximum absolute atomic E-state index is 9.64. The van der Waals surface area contributed by atoms with Crippen LogP contribution in [0.15, 0.2) is 18.3 Å². The van der Waals surface area contributed by atoms with Crippen molar-refractivity contribution in [1.82, 2.24) is 4.98 Å². The van der Waals surface area contributed by atoms with Crippen LogP contribution in [0.5, 0.6) is 0 Å². The maximum atomic E-state index is 9.64. The molecule has 1 atom stereocenters. The Balaban J connectivity index is 2.43. The summed E-state index contributed by atoms with van der Waals surface area (Å²) in [4.78, 5) is 3.90. The van der Waals surface area contributed by atoms with Crippen LogP contribution in [-0.4, -0.2) is 27.7 Å². The number of nitrogens with zero attached hydrogens (tertiary/aromatic N) is 1. The van der Waals surface area contributed by atoms with E-state index in [0.29, 0.717) is 12.2 Å². The van der Waals surface area contributed by atoms with Gasteiger partial charge in [-0.25, -0.2) is 4.98 Å². The lowest BCUT2D eigenvalue weighted by Gasteiger charge is -2.09. The van der Waals surface area contributed by atoms with Gasteiger partial charge in [0.2, 0.25) is 0 Å². The molecule has 1 aromatic rings. The van der Waals surface area contributed by atoms with Crippen molar-refractivity contribution in [1.29, 1.82) is 0 Å². The molecule has 4 heteroatoms. The van der Waals surface area contributed by atoms with Crippen LogP contribution in [0.1, 0.15) is 12.5 Å². The van der Waals surface area contributed by atoms with Gasteiger partial charge in [0.05, 0.1) is 6.10 Å². The molecule has 1 heterocycles. The van der Waals surface area contributed by atoms with Crippen molar-refractivity contribution in [3.63, 3.8) is 0 Å². The number of aromatic nitrogens is 1. The van der Waals surface area contributed by atoms with Gasteiger partial charge in [-0.3, -0.25) is 0 Å². The monoisotopic (exact) mass is 212 g/mol. The summed E-state index contributed by atoms with van der Waals surface area (Å²) >= 11 is 1.74. The molecule has 3 nitrogen and oxygen atoms in total. The minimum Gasteiger partial charge on any atom is -0.392 e. The molecule has 1 rings (SSSR count). The van der Waals surface area contributed by atoms with E-state index in [1.165, 1.54) is 0 Å². The third-order valence-corrected chi connectivity index (χ3v) is 2.86. The average molecular weight is 212 g/mol. The van der Waals surface area contributed by atoms with Gasteiger partial charge in [-0.2, -0.15) is 11.8 Å². The van der Waals surface area contributed by atoms with Crippen molar-refractivity contribution in [3.8, 4) is 0 Å². The van der Waals surface area contributed by atoms with Gasteiger partial charge < -0.3 is 10.8 Å². The van der Waals surface area contributed by atoms with Crippen molar-refractivity contribution >= 4 is 17.6 Å². The lowest BCUT2D eigenvalue weighted by molar-refractivity contribution is 0.200. The summed E-state index contributed by atoms with van der Waals surface area (Å²) in [6.07, 6.45) is 2.03. The number of hydrogen-bond donors (Lipinski definition) is 2. The number of nitrogens with two attached hydrogens (primary N) is 1. The van der Waals surface area contributed by atoms with Gasteiger partial charge in [0.1, 0.15) is 5.82 Å². The normalized spacial score (nSPS) is 12.7. The van der Waals surface area contributed by atoms with Crippen LogP contribution in [-0.2, 0) is 6.42 Å². The average Bonchev–Trinajstić information content (AvgIpc) is 2.15. The fourth-order valence-electron chi connectivity index (χ4n) is 1.21. The van der Waals surface area contributed by atoms with E-state index < -0.39 is 0 Å². The predicted molar refractivity (Wildman–Crippen MR) is 61.4 cm³/mol. The molecule has 3 N–H and O–H groups in total. The number of pyridine rings is 1. The van der Waals surface area contributed by atoms with E-state index in [1.54, 1.807) is 24.0 Å². The number of thioether (sulfide) groups is 1. The van der Waals surface area contributed by atoms with Gasteiger partial charge in [-0.1, -0.05) is 6.92 Å². The number of rotatable bonds is 5. The van der Waals surface area contributed by atoms with Gasteiger partial charge in [0.25, 0.3) is 0 Å². The standard InChI is InChI=1S/C10H16N2OS/c1-2-14-7-9(13)5-8-3-4-12-10(11)6-8/h3-4,6,9,13H,2,5,7H2,1H3,(H2,11,12). The quantitative estimate of drug-likeness (QED) is 0.773. The summed E-state index contributed by atoms with van der Waals surface area (Å²) in [6.45, 7) is 2.09. The Bertz CT molecular complexity index is 281. The van der Waals surface area contributed by atoms with Crippen LogP contribution in [0.3, 0.4) is 0 Å². The SMILES string of the molecule is CCSCC(O)Cc1ccnc(N)c1. The Morgan fingerprint density at radius 3 is 3.07 bits per heavy atom. The second kappa shape index (κ2) is 5.88. The first-order chi connectivity index (χ1) is 6.72. The molecule has 0 aliphatic rings. The van der Waals surface area contributed by atoms with Gasteiger partial charge >= 0.3 is 0 Å². The summed E-state index contributed by atoms with van der Waals surface area (Å²) in [5.74, 6) is 2.33. The second-order valence-electron chi connectivity index (χ2n) is 3.11. The smallest absolute Gasteiger partial charge is 0.123 e. The third-order valence-electron chi connectivity index (χ3n) is 1.83. The summed E-state index contributed by atoms with van der Waals surface area (Å²) in [5, 5.41) is 9.64. The molecule has 0 aliphatic heterocycles. The summed E-state index contributed by atoms with van der Waals surface area (Å²) < 4.78 is 0. The van der Waals surface area contributed by atoms with Gasteiger partial charge in [-0.05, 0) is 29.9 Å². The molecular weight excluding hydrogens is 196 g/mol. The fraction of sp³-hybridized carbons (Fsp3) is 0.500. The Morgan fingerprint density at radius 1 is 1.64 bits per heavy atom. The molecule has 0 radical (unpaired) electrons. The molecule has 0 fully saturated rings. The van der Waals surface area contributed by atoms with Crippen molar-refractivity contribution in [2.24, 2.45) is 0 Å². The van der Waals surface area contributed by atoms with Crippen LogP contribution in [0.4, 0.5) is 5.82 Å². The Morgan fingerprint density at radius 2 is 2.43 bits per heavy atom. The van der Waals surface area contributed by atoms with E-state index in [2.05, 4.69) is 11.9 Å². The summed E-state index contributed by atoms with van der Waals surface area (Å²) in [7, 11) is 0. The molecule has 0 bridgehead atoms. The van der Waals surface area contributed by atoms with Crippen LogP contribution in [0.25, 0.3) is 0 Å². The highest BCUT2D eigenvalue weighted by molar-refractivity contribution is 7.99. The topological polar surface area (TPSA) is 59.1 Å². The largest absolute Gasteiger partial charge is 0.392 e. The first-order valence-corrected chi connectivity index (χ1v) is 5.84. The molecule has 1 unspecified atom stereocenters. The maximum Gasteiger partial charge on any atom is 0.123 e. The number of aliphatic hydroxyl groups is 1. The van der Waals surface area contributed by atoms with Crippen molar-refractivity contribution < 1.29 is 5.11 Å². The van der Waals surface area contributed by atoms with Crippen molar-refractivity contribution in [2.45, 2.75) is 19.4 Å². The molecule has 0 aliphatic carbocycles. The zero-order chi connectivity index (χ0) is 10.4. The second-order valence-corrected chi connectivity index (χ2v) is 4.43. The first kappa shape index (κ1) is 11.3. The van der Waals surface area contributed by atoms with Crippen LogP contribution < -0.4 is 5.73 Å². The molecule has 78 valence electrons. The van der Waals surface area contributed by atoms with Crippen molar-refractivity contribution in [2.75, 3.05) is 17.2 Å². The van der Waals surface area contributed by atoms with E-state index in [0.717, 1.165) is 17.1 Å². The third kappa shape index (κ3) is 3.98. The lowest BCUT2D eigenvalue weighted by atomic mass is 10.1.